The smallest absolute Gasteiger partial charge is 0.144 e. The average Bonchev–Trinajstić information content (AvgIpc) is 2.18. The van der Waals surface area contributed by atoms with Crippen molar-refractivity contribution in [3.05, 3.63) is 22.7 Å². The van der Waals surface area contributed by atoms with Crippen LogP contribution in [-0.4, -0.2) is 12.9 Å². The van der Waals surface area contributed by atoms with E-state index in [2.05, 4.69) is 20.9 Å². The van der Waals surface area contributed by atoms with Crippen LogP contribution in [0.5, 0.6) is 5.75 Å². The van der Waals surface area contributed by atoms with Gasteiger partial charge in [0.15, 0.2) is 0 Å². The number of amidine groups is 1. The van der Waals surface area contributed by atoms with Gasteiger partial charge in [0.25, 0.3) is 0 Å². The molecule has 2 N–H and O–H groups in total. The molecule has 0 fully saturated rings. The summed E-state index contributed by atoms with van der Waals surface area (Å²) in [6.07, 6.45) is 0.732. The largest absolute Gasteiger partial charge is 0.494 e. The second-order valence-electron chi connectivity index (χ2n) is 2.77. The highest BCUT2D eigenvalue weighted by atomic mass is 79.9. The Hall–Kier alpha value is -1.03. The van der Waals surface area contributed by atoms with E-state index in [1.165, 1.54) is 0 Å². The van der Waals surface area contributed by atoms with Gasteiger partial charge in [0, 0.05) is 10.9 Å². The predicted octanol–water partition coefficient (Wildman–Crippen LogP) is 2.86. The standard InChI is InChI=1S/C10H13BrN2O/c1-3-10(12)13-8-6-7(11)4-5-9(8)14-2/h4-6H,3H2,1-2H3,(H2,12,13). The molecule has 3 nitrogen and oxygen atoms in total. The fraction of sp³-hybridized carbons (Fsp3) is 0.300. The van der Waals surface area contributed by atoms with Gasteiger partial charge in [-0.25, -0.2) is 4.99 Å². The van der Waals surface area contributed by atoms with Crippen LogP contribution in [0.25, 0.3) is 0 Å². The van der Waals surface area contributed by atoms with Crippen molar-refractivity contribution in [2.75, 3.05) is 7.11 Å². The Bertz CT molecular complexity index is 350. The predicted molar refractivity (Wildman–Crippen MR) is 62.3 cm³/mol. The van der Waals surface area contributed by atoms with E-state index in [1.807, 2.05) is 25.1 Å². The lowest BCUT2D eigenvalue weighted by atomic mass is 10.3. The number of aliphatic imine (C=N–C) groups is 1. The molecule has 0 aliphatic carbocycles. The number of methoxy groups -OCH3 is 1. The fourth-order valence-electron chi connectivity index (χ4n) is 0.984. The summed E-state index contributed by atoms with van der Waals surface area (Å²) >= 11 is 3.37. The van der Waals surface area contributed by atoms with Crippen molar-refractivity contribution in [3.63, 3.8) is 0 Å². The summed E-state index contributed by atoms with van der Waals surface area (Å²) in [4.78, 5) is 4.25. The molecule has 0 amide bonds. The van der Waals surface area contributed by atoms with Crippen LogP contribution < -0.4 is 10.5 Å². The maximum Gasteiger partial charge on any atom is 0.144 e. The fourth-order valence-corrected chi connectivity index (χ4v) is 1.33. The lowest BCUT2D eigenvalue weighted by Gasteiger charge is -2.05. The molecule has 0 saturated heterocycles. The monoisotopic (exact) mass is 256 g/mol. The van der Waals surface area contributed by atoms with Crippen LogP contribution in [0.3, 0.4) is 0 Å². The highest BCUT2D eigenvalue weighted by Gasteiger charge is 2.02. The quantitative estimate of drug-likeness (QED) is 0.668. The van der Waals surface area contributed by atoms with Gasteiger partial charge in [0.1, 0.15) is 11.4 Å². The maximum absolute atomic E-state index is 5.66. The van der Waals surface area contributed by atoms with Gasteiger partial charge in [-0.15, -0.1) is 0 Å². The van der Waals surface area contributed by atoms with Gasteiger partial charge in [-0.1, -0.05) is 22.9 Å². The molecule has 0 aromatic heterocycles. The first-order valence-corrected chi connectivity index (χ1v) is 5.13. The van der Waals surface area contributed by atoms with Crippen LogP contribution in [-0.2, 0) is 0 Å². The van der Waals surface area contributed by atoms with Crippen molar-refractivity contribution in [2.45, 2.75) is 13.3 Å². The normalized spacial score (nSPS) is 11.5. The van der Waals surface area contributed by atoms with Gasteiger partial charge in [0.2, 0.25) is 0 Å². The molecule has 76 valence electrons. The first-order chi connectivity index (χ1) is 6.67. The minimum absolute atomic E-state index is 0.599. The van der Waals surface area contributed by atoms with Crippen molar-refractivity contribution >= 4 is 27.5 Å². The Balaban J connectivity index is 3.11. The highest BCUT2D eigenvalue weighted by molar-refractivity contribution is 9.10. The van der Waals surface area contributed by atoms with Crippen molar-refractivity contribution < 1.29 is 4.74 Å². The third-order valence-corrected chi connectivity index (χ3v) is 2.26. The molecule has 0 spiro atoms. The van der Waals surface area contributed by atoms with E-state index in [0.717, 1.165) is 22.3 Å². The van der Waals surface area contributed by atoms with Gasteiger partial charge in [-0.2, -0.15) is 0 Å². The van der Waals surface area contributed by atoms with Crippen LogP contribution in [0, 0.1) is 0 Å². The molecular weight excluding hydrogens is 244 g/mol. The second kappa shape index (κ2) is 5.00. The van der Waals surface area contributed by atoms with E-state index in [9.17, 15) is 0 Å². The van der Waals surface area contributed by atoms with E-state index in [-0.39, 0.29) is 0 Å². The topological polar surface area (TPSA) is 47.6 Å². The molecule has 0 bridgehead atoms. The van der Waals surface area contributed by atoms with Crippen molar-refractivity contribution in [3.8, 4) is 5.75 Å². The third kappa shape index (κ3) is 2.73. The maximum atomic E-state index is 5.66. The summed E-state index contributed by atoms with van der Waals surface area (Å²) in [6, 6.07) is 5.63. The summed E-state index contributed by atoms with van der Waals surface area (Å²) in [7, 11) is 1.62. The number of nitrogens with zero attached hydrogens (tertiary/aromatic N) is 1. The average molecular weight is 257 g/mol. The molecule has 0 saturated carbocycles. The van der Waals surface area contributed by atoms with Gasteiger partial charge in [-0.3, -0.25) is 0 Å². The highest BCUT2D eigenvalue weighted by Crippen LogP contribution is 2.30. The minimum Gasteiger partial charge on any atom is -0.494 e. The summed E-state index contributed by atoms with van der Waals surface area (Å²) < 4.78 is 6.12. The Labute approximate surface area is 92.1 Å². The molecule has 14 heavy (non-hydrogen) atoms. The zero-order valence-electron chi connectivity index (χ0n) is 8.25. The second-order valence-corrected chi connectivity index (χ2v) is 3.69. The number of nitrogens with two attached hydrogens (primary N) is 1. The van der Waals surface area contributed by atoms with Crippen molar-refractivity contribution in [1.29, 1.82) is 0 Å². The van der Waals surface area contributed by atoms with Gasteiger partial charge in [-0.05, 0) is 18.2 Å². The first kappa shape index (κ1) is 11.0. The lowest BCUT2D eigenvalue weighted by Crippen LogP contribution is -2.08. The van der Waals surface area contributed by atoms with E-state index in [0.29, 0.717) is 5.84 Å². The van der Waals surface area contributed by atoms with Crippen molar-refractivity contribution in [1.82, 2.24) is 0 Å². The van der Waals surface area contributed by atoms with Crippen LogP contribution >= 0.6 is 15.9 Å². The number of benzene rings is 1. The first-order valence-electron chi connectivity index (χ1n) is 4.34. The molecular formula is C10H13BrN2O. The molecule has 0 aliphatic rings. The molecule has 0 atom stereocenters. The number of ether oxygens (including phenoxy) is 1. The van der Waals surface area contributed by atoms with E-state index >= 15 is 0 Å². The zero-order valence-corrected chi connectivity index (χ0v) is 9.84. The molecule has 0 aliphatic heterocycles. The molecule has 4 heteroatoms. The Kier molecular flexibility index (Phi) is 3.95. The molecule has 0 heterocycles. The van der Waals surface area contributed by atoms with Crippen LogP contribution in [0.2, 0.25) is 0 Å². The Morgan fingerprint density at radius 2 is 2.29 bits per heavy atom. The van der Waals surface area contributed by atoms with Gasteiger partial charge < -0.3 is 10.5 Å². The van der Waals surface area contributed by atoms with E-state index < -0.39 is 0 Å². The van der Waals surface area contributed by atoms with Crippen LogP contribution in [0.15, 0.2) is 27.7 Å². The number of hydrogen-bond acceptors (Lipinski definition) is 2. The minimum atomic E-state index is 0.599. The lowest BCUT2D eigenvalue weighted by molar-refractivity contribution is 0.416. The van der Waals surface area contributed by atoms with Crippen molar-refractivity contribution in [2.24, 2.45) is 10.7 Å². The zero-order chi connectivity index (χ0) is 10.6. The molecule has 1 aromatic rings. The molecule has 1 rings (SSSR count). The van der Waals surface area contributed by atoms with Crippen LogP contribution in [0.1, 0.15) is 13.3 Å². The van der Waals surface area contributed by atoms with Crippen LogP contribution in [0.4, 0.5) is 5.69 Å². The Morgan fingerprint density at radius 1 is 1.57 bits per heavy atom. The molecule has 0 radical (unpaired) electrons. The van der Waals surface area contributed by atoms with E-state index in [4.69, 9.17) is 10.5 Å². The SMILES string of the molecule is CCC(N)=Nc1cc(Br)ccc1OC. The summed E-state index contributed by atoms with van der Waals surface area (Å²) in [5.74, 6) is 1.33. The summed E-state index contributed by atoms with van der Waals surface area (Å²) in [5, 5.41) is 0. The number of rotatable bonds is 3. The number of halogens is 1. The van der Waals surface area contributed by atoms with Gasteiger partial charge >= 0.3 is 0 Å². The number of hydrogen-bond donors (Lipinski definition) is 1. The summed E-state index contributed by atoms with van der Waals surface area (Å²) in [5.41, 5.74) is 6.41. The van der Waals surface area contributed by atoms with E-state index in [1.54, 1.807) is 7.11 Å². The molecule has 1 aromatic carbocycles. The molecule has 0 unspecified atom stereocenters. The Morgan fingerprint density at radius 3 is 2.86 bits per heavy atom. The summed E-state index contributed by atoms with van der Waals surface area (Å²) in [6.45, 7) is 1.96. The van der Waals surface area contributed by atoms with Gasteiger partial charge in [0.05, 0.1) is 12.9 Å². The third-order valence-electron chi connectivity index (χ3n) is 1.77.